The highest BCUT2D eigenvalue weighted by Crippen LogP contribution is 2.25. The number of amides is 1. The van der Waals surface area contributed by atoms with Crippen molar-refractivity contribution in [1.82, 2.24) is 10.9 Å². The van der Waals surface area contributed by atoms with Crippen molar-refractivity contribution in [2.24, 2.45) is 0 Å². The molecule has 7 heteroatoms. The number of hydrazine groups is 1. The zero-order valence-electron chi connectivity index (χ0n) is 7.91. The van der Waals surface area contributed by atoms with Crippen molar-refractivity contribution in [2.75, 3.05) is 0 Å². The number of alkyl halides is 1. The Hall–Kier alpha value is -0.600. The molecule has 0 fully saturated rings. The number of rotatable bonds is 2. The molecule has 0 bridgehead atoms. The second-order valence-electron chi connectivity index (χ2n) is 2.83. The zero-order chi connectivity index (χ0) is 12.1. The van der Waals surface area contributed by atoms with Crippen LogP contribution in [0.1, 0.15) is 9.49 Å². The first-order valence-electron chi connectivity index (χ1n) is 4.19. The van der Waals surface area contributed by atoms with E-state index in [-0.39, 0.29) is 3.92 Å². The second-order valence-corrected chi connectivity index (χ2v) is 4.96. The minimum atomic E-state index is -1.18. The minimum Gasteiger partial charge on any atom is -0.464 e. The fraction of sp³-hybridized carbons (Fsp3) is 0.111. The van der Waals surface area contributed by atoms with Gasteiger partial charge in [-0.15, -0.1) is 0 Å². The van der Waals surface area contributed by atoms with Crippen LogP contribution in [0, 0.1) is 0 Å². The van der Waals surface area contributed by atoms with E-state index in [1.807, 2.05) is 17.6 Å². The quantitative estimate of drug-likeness (QED) is 0.324. The summed E-state index contributed by atoms with van der Waals surface area (Å²) in [4.78, 5) is 10.6. The lowest BCUT2D eigenvalue weighted by molar-refractivity contribution is 0.192. The van der Waals surface area contributed by atoms with Crippen molar-refractivity contribution in [3.05, 3.63) is 34.9 Å². The van der Waals surface area contributed by atoms with E-state index in [0.29, 0.717) is 10.0 Å². The molecule has 0 saturated carbocycles. The Morgan fingerprint density at radius 3 is 2.44 bits per heavy atom. The summed E-state index contributed by atoms with van der Waals surface area (Å²) >= 11 is 12.9. The summed E-state index contributed by atoms with van der Waals surface area (Å²) in [7, 11) is 0. The maximum absolute atomic E-state index is 10.3. The molecule has 3 N–H and O–H groups in total. The van der Waals surface area contributed by atoms with Gasteiger partial charge < -0.3 is 5.11 Å². The molecule has 1 unspecified atom stereocenters. The van der Waals surface area contributed by atoms with Gasteiger partial charge in [0.05, 0.1) is 3.92 Å². The van der Waals surface area contributed by atoms with Crippen LogP contribution >= 0.6 is 46.4 Å². The van der Waals surface area contributed by atoms with Gasteiger partial charge in [0, 0.05) is 5.02 Å². The number of hydrogen-bond acceptors (Lipinski definition) is 2. The Kier molecular flexibility index (Phi) is 5.23. The predicted molar refractivity (Wildman–Crippen MR) is 75.1 cm³/mol. The summed E-state index contributed by atoms with van der Waals surface area (Å²) in [5.41, 5.74) is 5.39. The molecule has 16 heavy (non-hydrogen) atoms. The molecule has 86 valence electrons. The molecule has 0 saturated heterocycles. The van der Waals surface area contributed by atoms with E-state index in [1.165, 1.54) is 0 Å². The number of halogens is 2. The Labute approximate surface area is 116 Å². The second kappa shape index (κ2) is 6.21. The highest BCUT2D eigenvalue weighted by Gasteiger charge is 2.13. The van der Waals surface area contributed by atoms with Crippen molar-refractivity contribution in [1.29, 1.82) is 0 Å². The van der Waals surface area contributed by atoms with Gasteiger partial charge in [-0.2, -0.15) is 0 Å². The minimum absolute atomic E-state index is 0.114. The number of carbonyl (C=O) groups is 1. The van der Waals surface area contributed by atoms with E-state index in [9.17, 15) is 4.79 Å². The standard InChI is InChI=1S/C9H8ClIN2O2S/c10-6-3-1-5(2-4-6)7(11)8(16)12-13-9(14)15/h1-4,7,13H,(H,12,16)(H,14,15). The first kappa shape index (κ1) is 13.5. The van der Waals surface area contributed by atoms with Gasteiger partial charge in [-0.3, -0.25) is 5.43 Å². The predicted octanol–water partition coefficient (Wildman–Crippen LogP) is 2.92. The number of carboxylic acid groups (broad SMARTS) is 1. The van der Waals surface area contributed by atoms with E-state index < -0.39 is 6.09 Å². The van der Waals surface area contributed by atoms with E-state index in [2.05, 4.69) is 28.0 Å². The largest absolute Gasteiger partial charge is 0.464 e. The molecule has 0 heterocycles. The zero-order valence-corrected chi connectivity index (χ0v) is 11.6. The van der Waals surface area contributed by atoms with Crippen molar-refractivity contribution >= 4 is 57.5 Å². The van der Waals surface area contributed by atoms with Crippen molar-refractivity contribution in [3.63, 3.8) is 0 Å². The van der Waals surface area contributed by atoms with Gasteiger partial charge in [0.15, 0.2) is 0 Å². The molecule has 0 aliphatic heterocycles. The first-order valence-corrected chi connectivity index (χ1v) is 6.22. The van der Waals surface area contributed by atoms with Gasteiger partial charge in [-0.25, -0.2) is 10.2 Å². The molecule has 0 spiro atoms. The van der Waals surface area contributed by atoms with E-state index in [1.54, 1.807) is 12.1 Å². The SMILES string of the molecule is O=C(O)NNC(=S)C(I)c1ccc(Cl)cc1. The van der Waals surface area contributed by atoms with E-state index >= 15 is 0 Å². The van der Waals surface area contributed by atoms with Crippen LogP contribution in [0.3, 0.4) is 0 Å². The third kappa shape index (κ3) is 4.11. The maximum atomic E-state index is 10.3. The average Bonchev–Trinajstić information content (AvgIpc) is 2.26. The average molecular weight is 371 g/mol. The van der Waals surface area contributed by atoms with Gasteiger partial charge in [0.2, 0.25) is 0 Å². The lowest BCUT2D eigenvalue weighted by Gasteiger charge is -2.13. The van der Waals surface area contributed by atoms with Crippen LogP contribution in [0.5, 0.6) is 0 Å². The smallest absolute Gasteiger partial charge is 0.423 e. The highest BCUT2D eigenvalue weighted by molar-refractivity contribution is 14.1. The lowest BCUT2D eigenvalue weighted by Crippen LogP contribution is -2.41. The summed E-state index contributed by atoms with van der Waals surface area (Å²) in [6, 6.07) is 7.20. The van der Waals surface area contributed by atoms with Gasteiger partial charge in [-0.1, -0.05) is 58.5 Å². The monoisotopic (exact) mass is 370 g/mol. The van der Waals surface area contributed by atoms with Crippen LogP contribution in [-0.4, -0.2) is 16.2 Å². The van der Waals surface area contributed by atoms with E-state index in [0.717, 1.165) is 5.56 Å². The molecule has 1 atom stereocenters. The summed E-state index contributed by atoms with van der Waals surface area (Å²) in [6.45, 7) is 0. The number of thiocarbonyl (C=S) groups is 1. The topological polar surface area (TPSA) is 61.4 Å². The lowest BCUT2D eigenvalue weighted by atomic mass is 10.1. The van der Waals surface area contributed by atoms with Crippen LogP contribution in [0.4, 0.5) is 4.79 Å². The Balaban J connectivity index is 2.63. The molecule has 0 aliphatic carbocycles. The third-order valence-corrected chi connectivity index (χ3v) is 4.04. The van der Waals surface area contributed by atoms with Crippen LogP contribution < -0.4 is 10.9 Å². The summed E-state index contributed by atoms with van der Waals surface area (Å²) in [5, 5.41) is 9.05. The maximum Gasteiger partial charge on any atom is 0.423 e. The number of nitrogens with one attached hydrogen (secondary N) is 2. The molecule has 1 amide bonds. The molecular weight excluding hydrogens is 363 g/mol. The summed E-state index contributed by atoms with van der Waals surface area (Å²) in [6.07, 6.45) is -1.18. The fourth-order valence-electron chi connectivity index (χ4n) is 0.962. The third-order valence-electron chi connectivity index (χ3n) is 1.69. The molecule has 1 rings (SSSR count). The summed E-state index contributed by atoms with van der Waals surface area (Å²) in [5.74, 6) is 0. The fourth-order valence-corrected chi connectivity index (χ4v) is 1.85. The number of benzene rings is 1. The number of hydrogen-bond donors (Lipinski definition) is 3. The summed E-state index contributed by atoms with van der Waals surface area (Å²) < 4.78 is -0.114. The Morgan fingerprint density at radius 1 is 1.38 bits per heavy atom. The van der Waals surface area contributed by atoms with E-state index in [4.69, 9.17) is 28.9 Å². The highest BCUT2D eigenvalue weighted by atomic mass is 127. The van der Waals surface area contributed by atoms with Crippen molar-refractivity contribution < 1.29 is 9.90 Å². The molecular formula is C9H8ClIN2O2S. The first-order chi connectivity index (χ1) is 7.50. The van der Waals surface area contributed by atoms with Gasteiger partial charge in [-0.05, 0) is 17.7 Å². The normalized spacial score (nSPS) is 11.6. The molecule has 0 aliphatic rings. The molecule has 4 nitrogen and oxygen atoms in total. The molecule has 1 aromatic rings. The van der Waals surface area contributed by atoms with Gasteiger partial charge in [0.1, 0.15) is 4.99 Å². The molecule has 0 radical (unpaired) electrons. The molecule has 0 aromatic heterocycles. The van der Waals surface area contributed by atoms with Crippen LogP contribution in [0.15, 0.2) is 24.3 Å². The van der Waals surface area contributed by atoms with Crippen LogP contribution in [-0.2, 0) is 0 Å². The van der Waals surface area contributed by atoms with Crippen LogP contribution in [0.2, 0.25) is 5.02 Å². The van der Waals surface area contributed by atoms with Crippen molar-refractivity contribution in [3.8, 4) is 0 Å². The van der Waals surface area contributed by atoms with Gasteiger partial charge in [0.25, 0.3) is 0 Å². The Bertz CT molecular complexity index is 399. The van der Waals surface area contributed by atoms with Crippen molar-refractivity contribution in [2.45, 2.75) is 3.92 Å². The van der Waals surface area contributed by atoms with Crippen LogP contribution in [0.25, 0.3) is 0 Å². The Morgan fingerprint density at radius 2 is 1.94 bits per heavy atom. The van der Waals surface area contributed by atoms with Gasteiger partial charge >= 0.3 is 6.09 Å². The molecule has 1 aromatic carbocycles.